The van der Waals surface area contributed by atoms with Crippen LogP contribution in [-0.4, -0.2) is 51.1 Å². The first-order valence-corrected chi connectivity index (χ1v) is 5.14. The second-order valence-corrected chi connectivity index (χ2v) is 4.78. The third kappa shape index (κ3) is 2.65. The first kappa shape index (κ1) is 10.9. The fourth-order valence-electron chi connectivity index (χ4n) is 1.32. The predicted molar refractivity (Wildman–Crippen MR) is 51.6 cm³/mol. The molecule has 1 fully saturated rings. The second kappa shape index (κ2) is 3.94. The summed E-state index contributed by atoms with van der Waals surface area (Å²) in [6.45, 7) is 2.03. The molecule has 0 aromatic carbocycles. The molecule has 1 aliphatic rings. The number of carbonyl (C=O) groups is 1. The molecule has 1 heterocycles. The summed E-state index contributed by atoms with van der Waals surface area (Å²) in [5.41, 5.74) is -1.19. The van der Waals surface area contributed by atoms with Crippen LogP contribution in [-0.2, 0) is 4.79 Å². The Balaban J connectivity index is 2.51. The van der Waals surface area contributed by atoms with Crippen molar-refractivity contribution >= 4 is 21.8 Å². The van der Waals surface area contributed by atoms with Crippen molar-refractivity contribution in [2.45, 2.75) is 23.8 Å². The van der Waals surface area contributed by atoms with Crippen molar-refractivity contribution in [3.05, 3.63) is 0 Å². The van der Waals surface area contributed by atoms with Gasteiger partial charge >= 0.3 is 0 Å². The largest absolute Gasteiger partial charge is 0.393 e. The molecule has 1 saturated heterocycles. The van der Waals surface area contributed by atoms with Gasteiger partial charge in [-0.25, -0.2) is 0 Å². The fraction of sp³-hybridized carbons (Fsp3) is 0.875. The maximum Gasteiger partial charge on any atom is 0.236 e. The summed E-state index contributed by atoms with van der Waals surface area (Å²) >= 11 is 3.24. The lowest BCUT2D eigenvalue weighted by atomic mass is 10.1. The van der Waals surface area contributed by atoms with E-state index < -0.39 is 5.60 Å². The third-order valence-corrected chi connectivity index (χ3v) is 2.95. The van der Waals surface area contributed by atoms with E-state index in [1.807, 2.05) is 0 Å². The van der Waals surface area contributed by atoms with Crippen LogP contribution in [0.3, 0.4) is 0 Å². The Morgan fingerprint density at radius 1 is 1.77 bits per heavy atom. The first-order valence-electron chi connectivity index (χ1n) is 4.22. The molecule has 0 aromatic rings. The van der Waals surface area contributed by atoms with E-state index in [1.165, 1.54) is 6.92 Å². The number of carbonyl (C=O) groups excluding carboxylic acids is 1. The molecule has 1 aliphatic heterocycles. The van der Waals surface area contributed by atoms with Gasteiger partial charge in [0.25, 0.3) is 0 Å². The summed E-state index contributed by atoms with van der Waals surface area (Å²) in [7, 11) is 0. The van der Waals surface area contributed by atoms with Crippen molar-refractivity contribution in [1.82, 2.24) is 4.90 Å². The highest BCUT2D eigenvalue weighted by molar-refractivity contribution is 9.10. The molecule has 0 spiro atoms. The van der Waals surface area contributed by atoms with Crippen molar-refractivity contribution in [1.29, 1.82) is 0 Å². The molecule has 2 N–H and O–H groups in total. The van der Waals surface area contributed by atoms with Gasteiger partial charge in [0.2, 0.25) is 5.91 Å². The van der Waals surface area contributed by atoms with Crippen LogP contribution in [0.15, 0.2) is 0 Å². The quantitative estimate of drug-likeness (QED) is 0.679. The zero-order chi connectivity index (χ0) is 10.1. The van der Waals surface area contributed by atoms with Crippen LogP contribution in [0, 0.1) is 0 Å². The van der Waals surface area contributed by atoms with Crippen LogP contribution in [0.5, 0.6) is 0 Å². The van der Waals surface area contributed by atoms with E-state index in [0.717, 1.165) is 6.42 Å². The van der Waals surface area contributed by atoms with E-state index in [2.05, 4.69) is 15.9 Å². The van der Waals surface area contributed by atoms with Gasteiger partial charge in [0.15, 0.2) is 0 Å². The lowest BCUT2D eigenvalue weighted by Gasteiger charge is -2.26. The molecule has 0 aliphatic carbocycles. The number of β-amino-alcohol motifs (C(OH)–C–C–N with tert-alkyl or cyclic N) is 1. The second-order valence-electron chi connectivity index (χ2n) is 3.67. The van der Waals surface area contributed by atoms with Gasteiger partial charge in [0.05, 0.1) is 18.0 Å². The lowest BCUT2D eigenvalue weighted by molar-refractivity contribution is -0.131. The Morgan fingerprint density at radius 2 is 2.38 bits per heavy atom. The standard InChI is InChI=1S/C8H14BrNO3/c1-8(13,5-11)4-10-3-2-6(9)7(10)12/h6,11,13H,2-5H2,1H3. The van der Waals surface area contributed by atoms with Crippen molar-refractivity contribution in [2.24, 2.45) is 0 Å². The van der Waals surface area contributed by atoms with Gasteiger partial charge < -0.3 is 15.1 Å². The number of aliphatic hydroxyl groups excluding tert-OH is 1. The van der Waals surface area contributed by atoms with Gasteiger partial charge in [-0.1, -0.05) is 15.9 Å². The predicted octanol–water partition coefficient (Wildman–Crippen LogP) is -0.275. The molecule has 13 heavy (non-hydrogen) atoms. The monoisotopic (exact) mass is 251 g/mol. The molecule has 1 rings (SSSR count). The van der Waals surface area contributed by atoms with E-state index in [0.29, 0.717) is 6.54 Å². The van der Waals surface area contributed by atoms with Crippen LogP contribution < -0.4 is 0 Å². The summed E-state index contributed by atoms with van der Waals surface area (Å²) in [4.78, 5) is 12.8. The SMILES string of the molecule is CC(O)(CO)CN1CCC(Br)C1=O. The topological polar surface area (TPSA) is 60.8 Å². The molecule has 5 heteroatoms. The Morgan fingerprint density at radius 3 is 2.77 bits per heavy atom. The Labute approximate surface area is 85.7 Å². The number of aliphatic hydroxyl groups is 2. The lowest BCUT2D eigenvalue weighted by Crippen LogP contribution is -2.44. The van der Waals surface area contributed by atoms with Gasteiger partial charge in [-0.05, 0) is 13.3 Å². The third-order valence-electron chi connectivity index (χ3n) is 2.10. The molecule has 2 atom stereocenters. The van der Waals surface area contributed by atoms with E-state index in [4.69, 9.17) is 5.11 Å². The van der Waals surface area contributed by atoms with Gasteiger partial charge in [-0.15, -0.1) is 0 Å². The minimum absolute atomic E-state index is 0.00581. The Hall–Kier alpha value is -0.130. The molecule has 0 bridgehead atoms. The summed E-state index contributed by atoms with van der Waals surface area (Å²) in [6, 6.07) is 0. The molecule has 0 radical (unpaired) electrons. The summed E-state index contributed by atoms with van der Waals surface area (Å²) in [5, 5.41) is 18.3. The molecule has 1 amide bonds. The van der Waals surface area contributed by atoms with Gasteiger partial charge in [0.1, 0.15) is 5.60 Å². The molecule has 0 aromatic heterocycles. The highest BCUT2D eigenvalue weighted by Gasteiger charge is 2.33. The van der Waals surface area contributed by atoms with Crippen molar-refractivity contribution < 1.29 is 15.0 Å². The highest BCUT2D eigenvalue weighted by Crippen LogP contribution is 2.20. The van der Waals surface area contributed by atoms with E-state index in [9.17, 15) is 9.90 Å². The zero-order valence-corrected chi connectivity index (χ0v) is 9.12. The van der Waals surface area contributed by atoms with Gasteiger partial charge in [-0.2, -0.15) is 0 Å². The number of rotatable bonds is 3. The van der Waals surface area contributed by atoms with E-state index in [-0.39, 0.29) is 23.9 Å². The normalized spacial score (nSPS) is 27.8. The number of hydrogen-bond acceptors (Lipinski definition) is 3. The van der Waals surface area contributed by atoms with E-state index in [1.54, 1.807) is 4.90 Å². The van der Waals surface area contributed by atoms with Crippen molar-refractivity contribution in [3.8, 4) is 0 Å². The molecule has 0 saturated carbocycles. The summed E-state index contributed by atoms with van der Waals surface area (Å²) in [5.74, 6) is -0.00581. The van der Waals surface area contributed by atoms with Crippen LogP contribution in [0.1, 0.15) is 13.3 Å². The van der Waals surface area contributed by atoms with Gasteiger partial charge in [-0.3, -0.25) is 4.79 Å². The first-order chi connectivity index (χ1) is 5.96. The molecule has 4 nitrogen and oxygen atoms in total. The van der Waals surface area contributed by atoms with E-state index >= 15 is 0 Å². The number of nitrogens with zero attached hydrogens (tertiary/aromatic N) is 1. The Bertz CT molecular complexity index is 208. The summed E-state index contributed by atoms with van der Waals surface area (Å²) < 4.78 is 0. The fourth-order valence-corrected chi connectivity index (χ4v) is 1.81. The molecule has 76 valence electrons. The maximum atomic E-state index is 11.4. The number of alkyl halides is 1. The molecule has 2 unspecified atom stereocenters. The minimum atomic E-state index is -1.19. The highest BCUT2D eigenvalue weighted by atomic mass is 79.9. The number of hydrogen-bond donors (Lipinski definition) is 2. The smallest absolute Gasteiger partial charge is 0.236 e. The van der Waals surface area contributed by atoms with Crippen LogP contribution in [0.2, 0.25) is 0 Å². The van der Waals surface area contributed by atoms with Gasteiger partial charge in [0, 0.05) is 6.54 Å². The Kier molecular flexibility index (Phi) is 3.32. The van der Waals surface area contributed by atoms with Crippen molar-refractivity contribution in [3.63, 3.8) is 0 Å². The van der Waals surface area contributed by atoms with Crippen LogP contribution in [0.4, 0.5) is 0 Å². The van der Waals surface area contributed by atoms with Crippen LogP contribution >= 0.6 is 15.9 Å². The number of likely N-dealkylation sites (tertiary alicyclic amines) is 1. The number of amides is 1. The zero-order valence-electron chi connectivity index (χ0n) is 7.53. The van der Waals surface area contributed by atoms with Crippen LogP contribution in [0.25, 0.3) is 0 Å². The average Bonchev–Trinajstić information content (AvgIpc) is 2.36. The number of halogens is 1. The molecular formula is C8H14BrNO3. The average molecular weight is 252 g/mol. The maximum absolute atomic E-state index is 11.4. The molecular weight excluding hydrogens is 238 g/mol. The van der Waals surface area contributed by atoms with Crippen molar-refractivity contribution in [2.75, 3.05) is 19.7 Å². The minimum Gasteiger partial charge on any atom is -0.393 e. The summed E-state index contributed by atoms with van der Waals surface area (Å²) in [6.07, 6.45) is 0.764.